The highest BCUT2D eigenvalue weighted by Crippen LogP contribution is 2.29. The fourth-order valence-corrected chi connectivity index (χ4v) is 2.31. The van der Waals surface area contributed by atoms with Gasteiger partial charge in [-0.25, -0.2) is 0 Å². The van der Waals surface area contributed by atoms with E-state index < -0.39 is 0 Å². The number of hydrogen-bond donors (Lipinski definition) is 2. The molecule has 0 bridgehead atoms. The van der Waals surface area contributed by atoms with Crippen LogP contribution < -0.4 is 11.1 Å². The molecular weight excluding hydrogens is 240 g/mol. The topological polar surface area (TPSA) is 64.3 Å². The van der Waals surface area contributed by atoms with Crippen LogP contribution in [0.3, 0.4) is 0 Å². The summed E-state index contributed by atoms with van der Waals surface area (Å²) in [6.07, 6.45) is 0.807. The molecule has 0 radical (unpaired) electrons. The van der Waals surface area contributed by atoms with Crippen LogP contribution >= 0.6 is 0 Å². The zero-order valence-corrected chi connectivity index (χ0v) is 11.8. The molecule has 0 heterocycles. The summed E-state index contributed by atoms with van der Waals surface area (Å²) in [5.41, 5.74) is 8.14. The van der Waals surface area contributed by atoms with Crippen LogP contribution in [-0.2, 0) is 16.0 Å². The van der Waals surface area contributed by atoms with E-state index in [-0.39, 0.29) is 30.2 Å². The number of ether oxygens (including phenoxy) is 1. The standard InChI is InChI=1S/C15H22N2O2/c1-15(2,3)19-9-13(18)17-14-11-7-5-4-6-10(11)8-12(14)16/h4-7,12,14H,8-9,16H2,1-3H3,(H,17,18). The summed E-state index contributed by atoms with van der Waals surface area (Å²) < 4.78 is 5.47. The summed E-state index contributed by atoms with van der Waals surface area (Å²) >= 11 is 0. The largest absolute Gasteiger partial charge is 0.366 e. The molecule has 0 saturated carbocycles. The highest BCUT2D eigenvalue weighted by Gasteiger charge is 2.30. The van der Waals surface area contributed by atoms with Crippen molar-refractivity contribution in [2.75, 3.05) is 6.61 Å². The van der Waals surface area contributed by atoms with Crippen molar-refractivity contribution < 1.29 is 9.53 Å². The predicted octanol–water partition coefficient (Wildman–Crippen LogP) is 1.54. The minimum atomic E-state index is -0.312. The van der Waals surface area contributed by atoms with E-state index in [1.807, 2.05) is 39.0 Å². The average molecular weight is 262 g/mol. The lowest BCUT2D eigenvalue weighted by Crippen LogP contribution is -2.41. The van der Waals surface area contributed by atoms with Crippen LogP contribution in [0, 0.1) is 0 Å². The maximum absolute atomic E-state index is 11.9. The van der Waals surface area contributed by atoms with Gasteiger partial charge in [-0.15, -0.1) is 0 Å². The van der Waals surface area contributed by atoms with E-state index in [4.69, 9.17) is 10.5 Å². The molecule has 19 heavy (non-hydrogen) atoms. The summed E-state index contributed by atoms with van der Waals surface area (Å²) in [5, 5.41) is 2.97. The molecule has 104 valence electrons. The van der Waals surface area contributed by atoms with Crippen molar-refractivity contribution in [2.45, 2.75) is 44.9 Å². The molecule has 0 fully saturated rings. The Labute approximate surface area is 114 Å². The summed E-state index contributed by atoms with van der Waals surface area (Å²) in [7, 11) is 0. The molecule has 2 atom stereocenters. The number of nitrogens with two attached hydrogens (primary N) is 1. The van der Waals surface area contributed by atoms with Gasteiger partial charge in [0.2, 0.25) is 5.91 Å². The zero-order valence-electron chi connectivity index (χ0n) is 11.8. The Morgan fingerprint density at radius 1 is 1.42 bits per heavy atom. The third-order valence-corrected chi connectivity index (χ3v) is 3.23. The molecule has 0 saturated heterocycles. The maximum atomic E-state index is 11.9. The van der Waals surface area contributed by atoms with Gasteiger partial charge in [0.1, 0.15) is 6.61 Å². The zero-order chi connectivity index (χ0) is 14.0. The van der Waals surface area contributed by atoms with E-state index in [9.17, 15) is 4.79 Å². The van der Waals surface area contributed by atoms with Crippen molar-refractivity contribution in [3.05, 3.63) is 35.4 Å². The molecule has 2 unspecified atom stereocenters. The summed E-state index contributed by atoms with van der Waals surface area (Å²) in [5.74, 6) is -0.118. The van der Waals surface area contributed by atoms with Crippen LogP contribution in [0.5, 0.6) is 0 Å². The van der Waals surface area contributed by atoms with Gasteiger partial charge in [0, 0.05) is 6.04 Å². The first kappa shape index (κ1) is 14.0. The molecule has 1 aliphatic rings. The molecule has 0 spiro atoms. The van der Waals surface area contributed by atoms with E-state index in [1.54, 1.807) is 0 Å². The fourth-order valence-electron chi connectivity index (χ4n) is 2.31. The quantitative estimate of drug-likeness (QED) is 0.868. The number of nitrogens with one attached hydrogen (secondary N) is 1. The third kappa shape index (κ3) is 3.55. The SMILES string of the molecule is CC(C)(C)OCC(=O)NC1c2ccccc2CC1N. The van der Waals surface area contributed by atoms with E-state index in [2.05, 4.69) is 11.4 Å². The number of rotatable bonds is 3. The first-order valence-corrected chi connectivity index (χ1v) is 6.63. The monoisotopic (exact) mass is 262 g/mol. The highest BCUT2D eigenvalue weighted by atomic mass is 16.5. The fraction of sp³-hybridized carbons (Fsp3) is 0.533. The molecule has 4 nitrogen and oxygen atoms in total. The first-order valence-electron chi connectivity index (χ1n) is 6.63. The normalized spacial score (nSPS) is 22.1. The van der Waals surface area contributed by atoms with Gasteiger partial charge in [0.15, 0.2) is 0 Å². The molecule has 1 amide bonds. The minimum Gasteiger partial charge on any atom is -0.366 e. The van der Waals surface area contributed by atoms with Crippen molar-refractivity contribution in [3.8, 4) is 0 Å². The van der Waals surface area contributed by atoms with Crippen molar-refractivity contribution in [1.82, 2.24) is 5.32 Å². The Balaban J connectivity index is 1.98. The number of amides is 1. The van der Waals surface area contributed by atoms with Gasteiger partial charge in [-0.1, -0.05) is 24.3 Å². The van der Waals surface area contributed by atoms with E-state index in [0.717, 1.165) is 12.0 Å². The number of fused-ring (bicyclic) bond motifs is 1. The van der Waals surface area contributed by atoms with Gasteiger partial charge < -0.3 is 15.8 Å². The van der Waals surface area contributed by atoms with E-state index >= 15 is 0 Å². The predicted molar refractivity (Wildman–Crippen MR) is 74.7 cm³/mol. The van der Waals surface area contributed by atoms with Crippen LogP contribution in [0.25, 0.3) is 0 Å². The van der Waals surface area contributed by atoms with Gasteiger partial charge in [-0.2, -0.15) is 0 Å². The second kappa shape index (κ2) is 5.31. The maximum Gasteiger partial charge on any atom is 0.246 e. The van der Waals surface area contributed by atoms with Gasteiger partial charge in [-0.3, -0.25) is 4.79 Å². The lowest BCUT2D eigenvalue weighted by atomic mass is 10.1. The van der Waals surface area contributed by atoms with Crippen LogP contribution in [0.4, 0.5) is 0 Å². The van der Waals surface area contributed by atoms with Gasteiger partial charge in [0.25, 0.3) is 0 Å². The van der Waals surface area contributed by atoms with Crippen LogP contribution in [0.1, 0.15) is 37.9 Å². The summed E-state index contributed by atoms with van der Waals surface area (Å²) in [6, 6.07) is 7.90. The third-order valence-electron chi connectivity index (χ3n) is 3.23. The molecule has 1 aliphatic carbocycles. The number of carbonyl (C=O) groups is 1. The van der Waals surface area contributed by atoms with Crippen molar-refractivity contribution in [2.24, 2.45) is 5.73 Å². The molecular formula is C15H22N2O2. The van der Waals surface area contributed by atoms with Gasteiger partial charge in [0.05, 0.1) is 11.6 Å². The Kier molecular flexibility index (Phi) is 3.92. The Bertz CT molecular complexity index is 465. The van der Waals surface area contributed by atoms with Gasteiger partial charge >= 0.3 is 0 Å². The highest BCUT2D eigenvalue weighted by molar-refractivity contribution is 5.78. The summed E-state index contributed by atoms with van der Waals surface area (Å²) in [4.78, 5) is 11.9. The average Bonchev–Trinajstić information content (AvgIpc) is 2.63. The van der Waals surface area contributed by atoms with E-state index in [1.165, 1.54) is 5.56 Å². The number of hydrogen-bond acceptors (Lipinski definition) is 3. The lowest BCUT2D eigenvalue weighted by Gasteiger charge is -2.22. The van der Waals surface area contributed by atoms with Crippen LogP contribution in [-0.4, -0.2) is 24.2 Å². The lowest BCUT2D eigenvalue weighted by molar-refractivity contribution is -0.131. The Morgan fingerprint density at radius 3 is 2.79 bits per heavy atom. The molecule has 0 aromatic heterocycles. The first-order chi connectivity index (χ1) is 8.87. The van der Waals surface area contributed by atoms with Crippen LogP contribution in [0.2, 0.25) is 0 Å². The van der Waals surface area contributed by atoms with Gasteiger partial charge in [-0.05, 0) is 38.3 Å². The minimum absolute atomic E-state index is 0.0593. The number of carbonyl (C=O) groups excluding carboxylic acids is 1. The Hall–Kier alpha value is -1.39. The van der Waals surface area contributed by atoms with Crippen LogP contribution in [0.15, 0.2) is 24.3 Å². The smallest absolute Gasteiger partial charge is 0.246 e. The second-order valence-electron chi connectivity index (χ2n) is 6.01. The Morgan fingerprint density at radius 2 is 2.11 bits per heavy atom. The molecule has 4 heteroatoms. The molecule has 0 aliphatic heterocycles. The van der Waals surface area contributed by atoms with E-state index in [0.29, 0.717) is 0 Å². The summed E-state index contributed by atoms with van der Waals surface area (Å²) in [6.45, 7) is 5.85. The number of benzene rings is 1. The van der Waals surface area contributed by atoms with Crippen molar-refractivity contribution in [3.63, 3.8) is 0 Å². The molecule has 3 N–H and O–H groups in total. The molecule has 1 aromatic rings. The molecule has 1 aromatic carbocycles. The van der Waals surface area contributed by atoms with Crippen molar-refractivity contribution in [1.29, 1.82) is 0 Å². The van der Waals surface area contributed by atoms with Crippen molar-refractivity contribution >= 4 is 5.91 Å². The second-order valence-corrected chi connectivity index (χ2v) is 6.01. The molecule has 2 rings (SSSR count).